The maximum atomic E-state index is 12.5. The van der Waals surface area contributed by atoms with Gasteiger partial charge in [-0.3, -0.25) is 9.69 Å². The number of hydrogen-bond acceptors (Lipinski definition) is 3. The maximum Gasteiger partial charge on any atom is 0.241 e. The second-order valence-corrected chi connectivity index (χ2v) is 6.13. The van der Waals surface area contributed by atoms with Crippen LogP contribution in [0, 0.1) is 5.92 Å². The fraction of sp³-hybridized carbons (Fsp3) is 0.562. The number of benzene rings is 1. The van der Waals surface area contributed by atoms with Gasteiger partial charge < -0.3 is 11.1 Å². The molecule has 20 heavy (non-hydrogen) atoms. The highest BCUT2D eigenvalue weighted by atomic mass is 16.2. The number of carbonyl (C=O) groups excluding carboxylic acids is 1. The standard InChI is InChI=1S/C16H23N3O/c1-11-10-19(9-8-13(11)17)15-7-6-12-4-2-3-5-14(12)18-16(15)20/h2-5,11,13,15H,6-10,17H2,1H3,(H,18,20). The number of rotatable bonds is 1. The first-order valence-electron chi connectivity index (χ1n) is 7.53. The Kier molecular flexibility index (Phi) is 3.76. The fourth-order valence-corrected chi connectivity index (χ4v) is 3.33. The summed E-state index contributed by atoms with van der Waals surface area (Å²) >= 11 is 0. The molecule has 1 aromatic rings. The Bertz CT molecular complexity index is 502. The molecule has 3 unspecified atom stereocenters. The van der Waals surface area contributed by atoms with Crippen molar-refractivity contribution in [2.75, 3.05) is 18.4 Å². The van der Waals surface area contributed by atoms with Crippen LogP contribution < -0.4 is 11.1 Å². The molecule has 0 aliphatic carbocycles. The Morgan fingerprint density at radius 2 is 2.10 bits per heavy atom. The van der Waals surface area contributed by atoms with Crippen molar-refractivity contribution in [1.29, 1.82) is 0 Å². The van der Waals surface area contributed by atoms with Crippen molar-refractivity contribution in [2.45, 2.75) is 38.3 Å². The zero-order chi connectivity index (χ0) is 14.1. The predicted octanol–water partition coefficient (Wildman–Crippen LogP) is 1.61. The fourth-order valence-electron chi connectivity index (χ4n) is 3.33. The number of likely N-dealkylation sites (tertiary alicyclic amines) is 1. The third-order valence-electron chi connectivity index (χ3n) is 4.71. The summed E-state index contributed by atoms with van der Waals surface area (Å²) in [6.07, 6.45) is 2.83. The molecule has 2 aliphatic heterocycles. The van der Waals surface area contributed by atoms with Crippen LogP contribution in [0.25, 0.3) is 0 Å². The van der Waals surface area contributed by atoms with Crippen molar-refractivity contribution >= 4 is 11.6 Å². The summed E-state index contributed by atoms with van der Waals surface area (Å²) in [4.78, 5) is 14.8. The number of para-hydroxylation sites is 1. The number of anilines is 1. The van der Waals surface area contributed by atoms with Crippen LogP contribution in [0.5, 0.6) is 0 Å². The molecule has 4 heteroatoms. The van der Waals surface area contributed by atoms with Gasteiger partial charge in [0.2, 0.25) is 5.91 Å². The average Bonchev–Trinajstić information content (AvgIpc) is 2.60. The normalized spacial score (nSPS) is 31.3. The topological polar surface area (TPSA) is 58.4 Å². The number of nitrogens with two attached hydrogens (primary N) is 1. The van der Waals surface area contributed by atoms with E-state index in [2.05, 4.69) is 23.2 Å². The maximum absolute atomic E-state index is 12.5. The lowest BCUT2D eigenvalue weighted by Crippen LogP contribution is -2.53. The van der Waals surface area contributed by atoms with E-state index in [1.165, 1.54) is 5.56 Å². The Labute approximate surface area is 120 Å². The van der Waals surface area contributed by atoms with Crippen molar-refractivity contribution in [3.8, 4) is 0 Å². The molecule has 3 rings (SSSR count). The third kappa shape index (κ3) is 2.58. The molecular formula is C16H23N3O. The monoisotopic (exact) mass is 273 g/mol. The molecule has 108 valence electrons. The molecule has 1 amide bonds. The summed E-state index contributed by atoms with van der Waals surface area (Å²) in [5.41, 5.74) is 8.29. The van der Waals surface area contributed by atoms with E-state index in [0.717, 1.165) is 38.0 Å². The Balaban J connectivity index is 1.75. The van der Waals surface area contributed by atoms with Gasteiger partial charge in [-0.05, 0) is 36.8 Å². The number of amides is 1. The van der Waals surface area contributed by atoms with Crippen molar-refractivity contribution in [3.05, 3.63) is 29.8 Å². The van der Waals surface area contributed by atoms with Crippen molar-refractivity contribution < 1.29 is 4.79 Å². The molecule has 4 nitrogen and oxygen atoms in total. The number of fused-ring (bicyclic) bond motifs is 1. The van der Waals surface area contributed by atoms with E-state index in [0.29, 0.717) is 5.92 Å². The van der Waals surface area contributed by atoms with Crippen LogP contribution >= 0.6 is 0 Å². The lowest BCUT2D eigenvalue weighted by atomic mass is 9.92. The smallest absolute Gasteiger partial charge is 0.241 e. The van der Waals surface area contributed by atoms with Gasteiger partial charge >= 0.3 is 0 Å². The molecule has 2 aliphatic rings. The summed E-state index contributed by atoms with van der Waals surface area (Å²) in [6.45, 7) is 4.04. The van der Waals surface area contributed by atoms with Gasteiger partial charge in [0.1, 0.15) is 0 Å². The Morgan fingerprint density at radius 1 is 1.30 bits per heavy atom. The van der Waals surface area contributed by atoms with Crippen LogP contribution in [0.3, 0.4) is 0 Å². The van der Waals surface area contributed by atoms with Gasteiger partial charge in [0.25, 0.3) is 0 Å². The van der Waals surface area contributed by atoms with Crippen LogP contribution in [-0.2, 0) is 11.2 Å². The summed E-state index contributed by atoms with van der Waals surface area (Å²) in [5.74, 6) is 0.597. The molecule has 1 saturated heterocycles. The van der Waals surface area contributed by atoms with Crippen LogP contribution in [-0.4, -0.2) is 36.0 Å². The largest absolute Gasteiger partial charge is 0.327 e. The molecule has 3 N–H and O–H groups in total. The lowest BCUT2D eigenvalue weighted by Gasteiger charge is -2.38. The lowest BCUT2D eigenvalue weighted by molar-refractivity contribution is -0.122. The molecule has 0 saturated carbocycles. The predicted molar refractivity (Wildman–Crippen MR) is 80.5 cm³/mol. The summed E-state index contributed by atoms with van der Waals surface area (Å²) in [7, 11) is 0. The van der Waals surface area contributed by atoms with E-state index in [1.54, 1.807) is 0 Å². The summed E-state index contributed by atoms with van der Waals surface area (Å²) < 4.78 is 0. The number of hydrogen-bond donors (Lipinski definition) is 2. The molecule has 1 aromatic carbocycles. The molecule has 0 aromatic heterocycles. The summed E-state index contributed by atoms with van der Waals surface area (Å²) in [6, 6.07) is 8.36. The average molecular weight is 273 g/mol. The molecule has 2 heterocycles. The number of nitrogens with one attached hydrogen (secondary N) is 1. The first kappa shape index (κ1) is 13.6. The van der Waals surface area contributed by atoms with Crippen LogP contribution in [0.4, 0.5) is 5.69 Å². The number of nitrogens with zero attached hydrogens (tertiary/aromatic N) is 1. The Morgan fingerprint density at radius 3 is 2.90 bits per heavy atom. The van der Waals surface area contributed by atoms with Gasteiger partial charge in [0, 0.05) is 24.8 Å². The molecule has 0 bridgehead atoms. The highest BCUT2D eigenvalue weighted by Gasteiger charge is 2.33. The number of piperidine rings is 1. The molecular weight excluding hydrogens is 250 g/mol. The first-order chi connectivity index (χ1) is 9.65. The van der Waals surface area contributed by atoms with E-state index in [9.17, 15) is 4.79 Å². The zero-order valence-corrected chi connectivity index (χ0v) is 12.0. The Hall–Kier alpha value is -1.39. The minimum absolute atomic E-state index is 0.0163. The number of aryl methyl sites for hydroxylation is 1. The van der Waals surface area contributed by atoms with E-state index in [4.69, 9.17) is 5.73 Å². The van der Waals surface area contributed by atoms with Gasteiger partial charge in [-0.25, -0.2) is 0 Å². The van der Waals surface area contributed by atoms with Crippen LogP contribution in [0.1, 0.15) is 25.3 Å². The van der Waals surface area contributed by atoms with Gasteiger partial charge in [-0.2, -0.15) is 0 Å². The molecule has 1 fully saturated rings. The van der Waals surface area contributed by atoms with Crippen molar-refractivity contribution in [3.63, 3.8) is 0 Å². The van der Waals surface area contributed by atoms with Crippen molar-refractivity contribution in [2.24, 2.45) is 11.7 Å². The van der Waals surface area contributed by atoms with Crippen LogP contribution in [0.15, 0.2) is 24.3 Å². The van der Waals surface area contributed by atoms with Gasteiger partial charge in [-0.1, -0.05) is 25.1 Å². The van der Waals surface area contributed by atoms with E-state index in [-0.39, 0.29) is 18.0 Å². The highest BCUT2D eigenvalue weighted by Crippen LogP contribution is 2.26. The second kappa shape index (κ2) is 5.54. The quantitative estimate of drug-likeness (QED) is 0.817. The zero-order valence-electron chi connectivity index (χ0n) is 12.0. The first-order valence-corrected chi connectivity index (χ1v) is 7.53. The minimum atomic E-state index is -0.0163. The van der Waals surface area contributed by atoms with Crippen molar-refractivity contribution in [1.82, 2.24) is 4.90 Å². The molecule has 3 atom stereocenters. The molecule has 0 radical (unpaired) electrons. The van der Waals surface area contributed by atoms with Crippen LogP contribution in [0.2, 0.25) is 0 Å². The van der Waals surface area contributed by atoms with Gasteiger partial charge in [0.15, 0.2) is 0 Å². The van der Waals surface area contributed by atoms with E-state index >= 15 is 0 Å². The highest BCUT2D eigenvalue weighted by molar-refractivity contribution is 5.96. The minimum Gasteiger partial charge on any atom is -0.327 e. The van der Waals surface area contributed by atoms with Gasteiger partial charge in [-0.15, -0.1) is 0 Å². The van der Waals surface area contributed by atoms with E-state index < -0.39 is 0 Å². The summed E-state index contributed by atoms with van der Waals surface area (Å²) in [5, 5.41) is 3.08. The SMILES string of the molecule is CC1CN(C2CCc3ccccc3NC2=O)CCC1N. The number of carbonyl (C=O) groups is 1. The second-order valence-electron chi connectivity index (χ2n) is 6.13. The van der Waals surface area contributed by atoms with E-state index in [1.807, 2.05) is 18.2 Å². The molecule has 0 spiro atoms. The third-order valence-corrected chi connectivity index (χ3v) is 4.71. The van der Waals surface area contributed by atoms with Gasteiger partial charge in [0.05, 0.1) is 6.04 Å².